The highest BCUT2D eigenvalue weighted by atomic mass is 16.5. The van der Waals surface area contributed by atoms with Crippen molar-refractivity contribution in [1.82, 2.24) is 4.90 Å². The molecule has 1 aliphatic rings. The molecule has 1 atom stereocenters. The fourth-order valence-corrected chi connectivity index (χ4v) is 2.24. The van der Waals surface area contributed by atoms with E-state index in [1.807, 2.05) is 6.07 Å². The van der Waals surface area contributed by atoms with Crippen LogP contribution in [0.1, 0.15) is 23.2 Å². The summed E-state index contributed by atoms with van der Waals surface area (Å²) in [6.45, 7) is 0.561. The standard InChI is InChI=1S/C15H17NO5/c17-13(11-4-2-1-3-5-11)6-7-14(18)16-8-9-21-10-12(16)15(19)20/h1-5,12H,6-10H2,(H,19,20). The molecule has 6 heteroatoms. The van der Waals surface area contributed by atoms with Gasteiger partial charge in [-0.2, -0.15) is 0 Å². The minimum atomic E-state index is -1.09. The van der Waals surface area contributed by atoms with Crippen LogP contribution in [0.25, 0.3) is 0 Å². The monoisotopic (exact) mass is 291 g/mol. The minimum absolute atomic E-state index is 0.00625. The Morgan fingerprint density at radius 3 is 2.57 bits per heavy atom. The van der Waals surface area contributed by atoms with E-state index in [0.717, 1.165) is 0 Å². The van der Waals surface area contributed by atoms with Crippen molar-refractivity contribution in [2.75, 3.05) is 19.8 Å². The SMILES string of the molecule is O=C(CCC(=O)N1CCOCC1C(=O)O)c1ccccc1. The van der Waals surface area contributed by atoms with Gasteiger partial charge in [-0.25, -0.2) is 4.79 Å². The number of hydrogen-bond donors (Lipinski definition) is 1. The third-order valence-electron chi connectivity index (χ3n) is 3.40. The third kappa shape index (κ3) is 3.88. The third-order valence-corrected chi connectivity index (χ3v) is 3.40. The van der Waals surface area contributed by atoms with Crippen LogP contribution in [-0.2, 0) is 14.3 Å². The maximum Gasteiger partial charge on any atom is 0.328 e. The number of nitrogens with zero attached hydrogens (tertiary/aromatic N) is 1. The number of ketones is 1. The average molecular weight is 291 g/mol. The van der Waals surface area contributed by atoms with Crippen LogP contribution < -0.4 is 0 Å². The largest absolute Gasteiger partial charge is 0.480 e. The highest BCUT2D eigenvalue weighted by molar-refractivity contribution is 5.98. The fourth-order valence-electron chi connectivity index (χ4n) is 2.24. The molecule has 0 bridgehead atoms. The molecule has 1 saturated heterocycles. The lowest BCUT2D eigenvalue weighted by molar-refractivity contribution is -0.158. The van der Waals surface area contributed by atoms with Crippen molar-refractivity contribution >= 4 is 17.7 Å². The molecule has 1 unspecified atom stereocenters. The van der Waals surface area contributed by atoms with E-state index in [1.165, 1.54) is 4.90 Å². The van der Waals surface area contributed by atoms with Crippen LogP contribution in [0.5, 0.6) is 0 Å². The number of morpholine rings is 1. The predicted molar refractivity (Wildman–Crippen MR) is 74.0 cm³/mol. The van der Waals surface area contributed by atoms with E-state index in [4.69, 9.17) is 9.84 Å². The van der Waals surface area contributed by atoms with E-state index < -0.39 is 12.0 Å². The molecule has 1 heterocycles. The number of carboxylic acids is 1. The molecule has 1 fully saturated rings. The van der Waals surface area contributed by atoms with Crippen molar-refractivity contribution in [2.45, 2.75) is 18.9 Å². The zero-order chi connectivity index (χ0) is 15.2. The summed E-state index contributed by atoms with van der Waals surface area (Å²) in [5.74, 6) is -1.53. The van der Waals surface area contributed by atoms with Crippen LogP contribution in [0.15, 0.2) is 30.3 Å². The second kappa shape index (κ2) is 6.99. The van der Waals surface area contributed by atoms with Gasteiger partial charge >= 0.3 is 5.97 Å². The van der Waals surface area contributed by atoms with Gasteiger partial charge in [-0.3, -0.25) is 9.59 Å². The van der Waals surface area contributed by atoms with Crippen molar-refractivity contribution in [2.24, 2.45) is 0 Å². The van der Waals surface area contributed by atoms with E-state index in [1.54, 1.807) is 24.3 Å². The summed E-state index contributed by atoms with van der Waals surface area (Å²) >= 11 is 0. The number of carboxylic acid groups (broad SMARTS) is 1. The predicted octanol–water partition coefficient (Wildman–Crippen LogP) is 0.961. The number of carbonyl (C=O) groups is 3. The molecule has 21 heavy (non-hydrogen) atoms. The summed E-state index contributed by atoms with van der Waals surface area (Å²) in [5, 5.41) is 9.07. The number of Topliss-reactive ketones (excluding diaryl/α,β-unsaturated/α-hetero) is 1. The molecular weight excluding hydrogens is 274 g/mol. The van der Waals surface area contributed by atoms with Crippen molar-refractivity contribution in [3.63, 3.8) is 0 Å². The molecule has 0 aliphatic carbocycles. The number of amides is 1. The van der Waals surface area contributed by atoms with Crippen LogP contribution in [0.3, 0.4) is 0 Å². The fraction of sp³-hybridized carbons (Fsp3) is 0.400. The van der Waals surface area contributed by atoms with Gasteiger partial charge in [-0.1, -0.05) is 30.3 Å². The average Bonchev–Trinajstić information content (AvgIpc) is 2.53. The van der Waals surface area contributed by atoms with Crippen LogP contribution in [0, 0.1) is 0 Å². The first-order valence-corrected chi connectivity index (χ1v) is 6.78. The van der Waals surface area contributed by atoms with Crippen molar-refractivity contribution < 1.29 is 24.2 Å². The quantitative estimate of drug-likeness (QED) is 0.817. The zero-order valence-corrected chi connectivity index (χ0v) is 11.5. The maximum atomic E-state index is 12.1. The summed E-state index contributed by atoms with van der Waals surface area (Å²) in [5.41, 5.74) is 0.557. The van der Waals surface area contributed by atoms with E-state index in [2.05, 4.69) is 0 Å². The normalized spacial score (nSPS) is 18.3. The van der Waals surface area contributed by atoms with Crippen molar-refractivity contribution in [3.8, 4) is 0 Å². The Morgan fingerprint density at radius 1 is 1.19 bits per heavy atom. The van der Waals surface area contributed by atoms with Crippen molar-refractivity contribution in [3.05, 3.63) is 35.9 Å². The lowest BCUT2D eigenvalue weighted by Gasteiger charge is -2.32. The molecule has 6 nitrogen and oxygen atoms in total. The van der Waals surface area contributed by atoms with Crippen LogP contribution >= 0.6 is 0 Å². The summed E-state index contributed by atoms with van der Waals surface area (Å²) in [6.07, 6.45) is 0.0874. The Balaban J connectivity index is 1.92. The van der Waals surface area contributed by atoms with Gasteiger partial charge in [0.2, 0.25) is 5.91 Å². The molecule has 2 rings (SSSR count). The highest BCUT2D eigenvalue weighted by Gasteiger charge is 2.32. The summed E-state index contributed by atoms with van der Waals surface area (Å²) in [4.78, 5) is 36.4. The molecule has 0 saturated carbocycles. The first-order chi connectivity index (χ1) is 10.1. The second-order valence-corrected chi connectivity index (χ2v) is 4.81. The molecule has 0 aromatic heterocycles. The number of ether oxygens (including phenoxy) is 1. The number of hydrogen-bond acceptors (Lipinski definition) is 4. The van der Waals surface area contributed by atoms with Crippen LogP contribution in [-0.4, -0.2) is 53.5 Å². The summed E-state index contributed by atoms with van der Waals surface area (Å²) in [7, 11) is 0. The van der Waals surface area contributed by atoms with Crippen LogP contribution in [0.4, 0.5) is 0 Å². The molecule has 1 amide bonds. The van der Waals surface area contributed by atoms with Gasteiger partial charge in [0, 0.05) is 24.9 Å². The molecule has 0 radical (unpaired) electrons. The van der Waals surface area contributed by atoms with Gasteiger partial charge in [0.15, 0.2) is 11.8 Å². The molecular formula is C15H17NO5. The lowest BCUT2D eigenvalue weighted by atomic mass is 10.1. The summed E-state index contributed by atoms with van der Waals surface area (Å²) < 4.78 is 5.08. The minimum Gasteiger partial charge on any atom is -0.480 e. The Hall–Kier alpha value is -2.21. The Kier molecular flexibility index (Phi) is 5.05. The molecule has 1 aliphatic heterocycles. The van der Waals surface area contributed by atoms with E-state index in [-0.39, 0.29) is 37.7 Å². The lowest BCUT2D eigenvalue weighted by Crippen LogP contribution is -2.52. The first-order valence-electron chi connectivity index (χ1n) is 6.78. The molecule has 1 aromatic rings. The van der Waals surface area contributed by atoms with Gasteiger partial charge in [0.25, 0.3) is 0 Å². The first kappa shape index (κ1) is 15.2. The summed E-state index contributed by atoms with van der Waals surface area (Å²) in [6, 6.07) is 7.77. The Labute approximate surface area is 122 Å². The Morgan fingerprint density at radius 2 is 1.90 bits per heavy atom. The van der Waals surface area contributed by atoms with E-state index in [9.17, 15) is 14.4 Å². The van der Waals surface area contributed by atoms with E-state index >= 15 is 0 Å². The molecule has 112 valence electrons. The van der Waals surface area contributed by atoms with Gasteiger partial charge in [-0.15, -0.1) is 0 Å². The zero-order valence-electron chi connectivity index (χ0n) is 11.5. The number of rotatable bonds is 5. The molecule has 1 N–H and O–H groups in total. The van der Waals surface area contributed by atoms with Gasteiger partial charge in [0.05, 0.1) is 13.2 Å². The number of carbonyl (C=O) groups excluding carboxylic acids is 2. The highest BCUT2D eigenvalue weighted by Crippen LogP contribution is 2.12. The van der Waals surface area contributed by atoms with Crippen LogP contribution in [0.2, 0.25) is 0 Å². The van der Waals surface area contributed by atoms with Crippen molar-refractivity contribution in [1.29, 1.82) is 0 Å². The maximum absolute atomic E-state index is 12.1. The molecule has 1 aromatic carbocycles. The van der Waals surface area contributed by atoms with Gasteiger partial charge in [0.1, 0.15) is 0 Å². The Bertz CT molecular complexity index is 528. The second-order valence-electron chi connectivity index (χ2n) is 4.81. The number of aliphatic carboxylic acids is 1. The van der Waals surface area contributed by atoms with Gasteiger partial charge in [-0.05, 0) is 0 Å². The van der Waals surface area contributed by atoms with Gasteiger partial charge < -0.3 is 14.7 Å². The topological polar surface area (TPSA) is 83.9 Å². The molecule has 0 spiro atoms. The smallest absolute Gasteiger partial charge is 0.328 e. The van der Waals surface area contributed by atoms with E-state index in [0.29, 0.717) is 12.2 Å². The number of benzene rings is 1.